The van der Waals surface area contributed by atoms with E-state index < -0.39 is 34.5 Å². The molecule has 0 unspecified atom stereocenters. The molecule has 44 heavy (non-hydrogen) atoms. The number of nitrogens with one attached hydrogen (secondary N) is 1. The maximum atomic E-state index is 14.4. The van der Waals surface area contributed by atoms with Crippen LogP contribution in [-0.2, 0) is 32.8 Å². The van der Waals surface area contributed by atoms with Crippen molar-refractivity contribution in [2.45, 2.75) is 71.0 Å². The molecular weight excluding hydrogens is 579 g/mol. The van der Waals surface area contributed by atoms with E-state index in [1.54, 1.807) is 25.1 Å². The molecule has 0 aromatic heterocycles. The van der Waals surface area contributed by atoms with Gasteiger partial charge in [0.05, 0.1) is 5.69 Å². The lowest BCUT2D eigenvalue weighted by molar-refractivity contribution is -0.140. The molecule has 0 saturated heterocycles. The van der Waals surface area contributed by atoms with E-state index in [-0.39, 0.29) is 24.9 Å². The van der Waals surface area contributed by atoms with Gasteiger partial charge in [-0.05, 0) is 67.1 Å². The Balaban J connectivity index is 1.77. The minimum absolute atomic E-state index is 0.00263. The highest BCUT2D eigenvalue weighted by Gasteiger charge is 2.36. The van der Waals surface area contributed by atoms with Gasteiger partial charge in [0.15, 0.2) is 0 Å². The lowest BCUT2D eigenvalue weighted by Gasteiger charge is -2.35. The maximum absolute atomic E-state index is 14.4. The third kappa shape index (κ3) is 8.45. The average molecular weight is 623 g/mol. The largest absolute Gasteiger partial charge is 0.352 e. The predicted molar refractivity (Wildman–Crippen MR) is 172 cm³/mol. The van der Waals surface area contributed by atoms with Gasteiger partial charge < -0.3 is 10.2 Å². The summed E-state index contributed by atoms with van der Waals surface area (Å²) in [5.41, 5.74) is 3.40. The highest BCUT2D eigenvalue weighted by atomic mass is 32.2. The monoisotopic (exact) mass is 622 g/mol. The van der Waals surface area contributed by atoms with Crippen LogP contribution in [0.5, 0.6) is 0 Å². The third-order valence-electron chi connectivity index (χ3n) is 8.14. The first-order valence-corrected chi connectivity index (χ1v) is 16.5. The van der Waals surface area contributed by atoms with E-state index in [0.717, 1.165) is 51.8 Å². The second-order valence-corrected chi connectivity index (χ2v) is 13.9. The van der Waals surface area contributed by atoms with Crippen LogP contribution in [0.15, 0.2) is 72.8 Å². The fraction of sp³-hybridized carbons (Fsp3) is 0.412. The minimum Gasteiger partial charge on any atom is -0.352 e. The molecule has 0 bridgehead atoms. The molecule has 1 N–H and O–H groups in total. The van der Waals surface area contributed by atoms with Crippen LogP contribution in [0.1, 0.15) is 54.4 Å². The van der Waals surface area contributed by atoms with Crippen molar-refractivity contribution in [3.8, 4) is 0 Å². The number of carbonyl (C=O) groups excluding carboxylic acids is 2. The van der Waals surface area contributed by atoms with E-state index >= 15 is 0 Å². The van der Waals surface area contributed by atoms with E-state index in [2.05, 4.69) is 5.32 Å². The Morgan fingerprint density at radius 2 is 1.57 bits per heavy atom. The second kappa shape index (κ2) is 14.8. The van der Waals surface area contributed by atoms with Gasteiger partial charge in [0.1, 0.15) is 18.4 Å². The molecule has 3 aromatic carbocycles. The summed E-state index contributed by atoms with van der Waals surface area (Å²) in [4.78, 5) is 29.9. The lowest BCUT2D eigenvalue weighted by Crippen LogP contribution is -2.55. The van der Waals surface area contributed by atoms with E-state index in [4.69, 9.17) is 0 Å². The van der Waals surface area contributed by atoms with Crippen molar-refractivity contribution in [3.63, 3.8) is 0 Å². The SMILES string of the molecule is Cc1ccc(C)c(N(CC(=O)N(Cc2ccc(F)cc2)[C@@H](Cc2ccccc2)C(=O)NC2CCCCC2)S(=O)(=O)N(C)C)c1. The molecule has 0 aliphatic heterocycles. The first kappa shape index (κ1) is 33.1. The Morgan fingerprint density at radius 3 is 2.20 bits per heavy atom. The number of rotatable bonds is 12. The summed E-state index contributed by atoms with van der Waals surface area (Å²) < 4.78 is 43.3. The molecule has 3 aromatic rings. The molecule has 1 aliphatic carbocycles. The van der Waals surface area contributed by atoms with Gasteiger partial charge >= 0.3 is 10.2 Å². The number of aryl methyl sites for hydroxylation is 2. The molecule has 0 heterocycles. The molecule has 4 rings (SSSR count). The Kier molecular flexibility index (Phi) is 11.2. The van der Waals surface area contributed by atoms with Crippen LogP contribution in [0, 0.1) is 19.7 Å². The summed E-state index contributed by atoms with van der Waals surface area (Å²) in [5, 5.41) is 3.19. The Bertz CT molecular complexity index is 1520. The predicted octanol–water partition coefficient (Wildman–Crippen LogP) is 5.14. The van der Waals surface area contributed by atoms with Gasteiger partial charge in [0, 0.05) is 33.1 Å². The highest BCUT2D eigenvalue weighted by Crippen LogP contribution is 2.27. The zero-order valence-electron chi connectivity index (χ0n) is 26.0. The van der Waals surface area contributed by atoms with Crippen molar-refractivity contribution < 1.29 is 22.4 Å². The molecule has 236 valence electrons. The van der Waals surface area contributed by atoms with Crippen LogP contribution in [0.3, 0.4) is 0 Å². The maximum Gasteiger partial charge on any atom is 0.304 e. The number of carbonyl (C=O) groups is 2. The number of benzene rings is 3. The Morgan fingerprint density at radius 1 is 0.909 bits per heavy atom. The van der Waals surface area contributed by atoms with Crippen LogP contribution in [0.4, 0.5) is 10.1 Å². The van der Waals surface area contributed by atoms with Crippen LogP contribution in [0.2, 0.25) is 0 Å². The van der Waals surface area contributed by atoms with E-state index in [9.17, 15) is 22.4 Å². The van der Waals surface area contributed by atoms with Crippen LogP contribution in [-0.4, -0.2) is 62.2 Å². The summed E-state index contributed by atoms with van der Waals surface area (Å²) in [6, 6.07) is 19.7. The lowest BCUT2D eigenvalue weighted by atomic mass is 9.94. The van der Waals surface area contributed by atoms with E-state index in [0.29, 0.717) is 16.8 Å². The second-order valence-electron chi connectivity index (χ2n) is 11.8. The summed E-state index contributed by atoms with van der Waals surface area (Å²) in [6.07, 6.45) is 5.16. The standard InChI is InChI=1S/C34H43FN4O4S/c1-25-15-16-26(2)31(21-25)39(44(42,43)37(3)4)24-33(40)38(23-28-17-19-29(35)20-18-28)32(22-27-11-7-5-8-12-27)34(41)36-30-13-9-6-10-14-30/h5,7-8,11-12,15-21,30,32H,6,9-10,13-14,22-24H2,1-4H3,(H,36,41)/t32-/m0/s1. The van der Waals surface area contributed by atoms with Crippen molar-refractivity contribution in [2.75, 3.05) is 24.9 Å². The molecule has 2 amide bonds. The Hall–Kier alpha value is -3.76. The molecule has 8 nitrogen and oxygen atoms in total. The van der Waals surface area contributed by atoms with Crippen LogP contribution < -0.4 is 9.62 Å². The molecule has 1 saturated carbocycles. The van der Waals surface area contributed by atoms with Gasteiger partial charge in [-0.15, -0.1) is 0 Å². The van der Waals surface area contributed by atoms with Crippen molar-refractivity contribution in [1.29, 1.82) is 0 Å². The third-order valence-corrected chi connectivity index (χ3v) is 9.95. The van der Waals surface area contributed by atoms with Crippen LogP contribution in [0.25, 0.3) is 0 Å². The number of hydrogen-bond donors (Lipinski definition) is 1. The quantitative estimate of drug-likeness (QED) is 0.303. The van der Waals surface area contributed by atoms with Gasteiger partial charge in [-0.2, -0.15) is 12.7 Å². The number of nitrogens with zero attached hydrogens (tertiary/aromatic N) is 3. The smallest absolute Gasteiger partial charge is 0.304 e. The Labute approximate surface area is 261 Å². The summed E-state index contributed by atoms with van der Waals surface area (Å²) in [6.45, 7) is 3.13. The number of halogens is 1. The van der Waals surface area contributed by atoms with E-state index in [1.165, 1.54) is 31.1 Å². The molecular formula is C34H43FN4O4S. The molecule has 0 radical (unpaired) electrons. The van der Waals surface area contributed by atoms with Crippen molar-refractivity contribution in [3.05, 3.63) is 101 Å². The molecule has 0 spiro atoms. The van der Waals surface area contributed by atoms with Gasteiger partial charge in [-0.3, -0.25) is 9.59 Å². The van der Waals surface area contributed by atoms with Crippen molar-refractivity contribution in [2.24, 2.45) is 0 Å². The zero-order valence-corrected chi connectivity index (χ0v) is 26.8. The minimum atomic E-state index is -4.10. The first-order chi connectivity index (χ1) is 21.0. The summed E-state index contributed by atoms with van der Waals surface area (Å²) in [7, 11) is -1.26. The number of anilines is 1. The van der Waals surface area contributed by atoms with Crippen LogP contribution >= 0.6 is 0 Å². The fourth-order valence-electron chi connectivity index (χ4n) is 5.57. The fourth-order valence-corrected chi connectivity index (χ4v) is 6.69. The topological polar surface area (TPSA) is 90.0 Å². The van der Waals surface area contributed by atoms with E-state index in [1.807, 2.05) is 49.4 Å². The van der Waals surface area contributed by atoms with Crippen molar-refractivity contribution in [1.82, 2.24) is 14.5 Å². The van der Waals surface area contributed by atoms with Crippen molar-refractivity contribution >= 4 is 27.7 Å². The highest BCUT2D eigenvalue weighted by molar-refractivity contribution is 7.90. The van der Waals surface area contributed by atoms with Gasteiger partial charge in [-0.1, -0.05) is 73.9 Å². The summed E-state index contributed by atoms with van der Waals surface area (Å²) in [5.74, 6) is -1.24. The molecule has 1 fully saturated rings. The summed E-state index contributed by atoms with van der Waals surface area (Å²) >= 11 is 0. The molecule has 10 heteroatoms. The normalized spacial score (nSPS) is 14.7. The average Bonchev–Trinajstić information content (AvgIpc) is 3.00. The van der Waals surface area contributed by atoms with Gasteiger partial charge in [0.25, 0.3) is 0 Å². The molecule has 1 aliphatic rings. The molecule has 1 atom stereocenters. The van der Waals surface area contributed by atoms with Gasteiger partial charge in [0.2, 0.25) is 11.8 Å². The first-order valence-electron chi connectivity index (χ1n) is 15.1. The number of amides is 2. The number of hydrogen-bond acceptors (Lipinski definition) is 4. The zero-order chi connectivity index (χ0) is 31.9. The van der Waals surface area contributed by atoms with Gasteiger partial charge in [-0.25, -0.2) is 8.70 Å².